The molecule has 2 atom stereocenters. The molecule has 0 bridgehead atoms. The lowest BCUT2D eigenvalue weighted by molar-refractivity contribution is 0.398. The molecule has 0 saturated heterocycles. The van der Waals surface area contributed by atoms with Crippen molar-refractivity contribution in [2.24, 2.45) is 5.92 Å². The van der Waals surface area contributed by atoms with Crippen molar-refractivity contribution < 1.29 is 0 Å². The predicted octanol–water partition coefficient (Wildman–Crippen LogP) is 4.57. The second-order valence-electron chi connectivity index (χ2n) is 5.06. The number of nitrogens with one attached hydrogen (secondary N) is 1. The maximum atomic E-state index is 4.51. The molecule has 104 valence electrons. The summed E-state index contributed by atoms with van der Waals surface area (Å²) in [6.45, 7) is 10.1. The highest BCUT2D eigenvalue weighted by Crippen LogP contribution is 2.21. The Kier molecular flexibility index (Phi) is 7.52. The monoisotopic (exact) mass is 268 g/mol. The molecule has 0 fully saturated rings. The third-order valence-electron chi connectivity index (χ3n) is 3.55. The molecule has 0 aliphatic heterocycles. The molecular formula is C15H28N2S. The van der Waals surface area contributed by atoms with E-state index >= 15 is 0 Å². The smallest absolute Gasteiger partial charge is 0.109 e. The van der Waals surface area contributed by atoms with Gasteiger partial charge in [-0.25, -0.2) is 4.98 Å². The number of rotatable bonds is 9. The summed E-state index contributed by atoms with van der Waals surface area (Å²) in [6.07, 6.45) is 8.40. The number of nitrogens with zero attached hydrogens (tertiary/aromatic N) is 1. The Morgan fingerprint density at radius 3 is 2.67 bits per heavy atom. The van der Waals surface area contributed by atoms with Crippen molar-refractivity contribution in [2.45, 2.75) is 65.8 Å². The van der Waals surface area contributed by atoms with Crippen molar-refractivity contribution in [1.29, 1.82) is 0 Å². The third kappa shape index (κ3) is 5.07. The van der Waals surface area contributed by atoms with Gasteiger partial charge in [-0.2, -0.15) is 0 Å². The van der Waals surface area contributed by atoms with E-state index in [1.807, 2.05) is 17.5 Å². The van der Waals surface area contributed by atoms with Crippen LogP contribution in [0.4, 0.5) is 0 Å². The highest BCUT2D eigenvalue weighted by Gasteiger charge is 2.12. The zero-order valence-electron chi connectivity index (χ0n) is 12.3. The average molecular weight is 268 g/mol. The van der Waals surface area contributed by atoms with Gasteiger partial charge in [-0.1, -0.05) is 40.0 Å². The molecule has 2 nitrogen and oxygen atoms in total. The van der Waals surface area contributed by atoms with Gasteiger partial charge in [-0.15, -0.1) is 11.3 Å². The van der Waals surface area contributed by atoms with E-state index in [0.29, 0.717) is 6.04 Å². The molecule has 1 aromatic rings. The first-order valence-electron chi connectivity index (χ1n) is 7.39. The van der Waals surface area contributed by atoms with Gasteiger partial charge < -0.3 is 5.32 Å². The summed E-state index contributed by atoms with van der Waals surface area (Å²) >= 11 is 1.84. The molecule has 0 aliphatic carbocycles. The van der Waals surface area contributed by atoms with Crippen LogP contribution in [-0.4, -0.2) is 11.5 Å². The summed E-state index contributed by atoms with van der Waals surface area (Å²) in [4.78, 5) is 5.89. The van der Waals surface area contributed by atoms with Gasteiger partial charge in [0.05, 0.1) is 6.04 Å². The van der Waals surface area contributed by atoms with Crippen LogP contribution in [0.1, 0.15) is 69.3 Å². The van der Waals surface area contributed by atoms with E-state index in [1.165, 1.54) is 35.6 Å². The van der Waals surface area contributed by atoms with E-state index in [9.17, 15) is 0 Å². The Morgan fingerprint density at radius 2 is 2.11 bits per heavy atom. The zero-order valence-corrected chi connectivity index (χ0v) is 13.1. The largest absolute Gasteiger partial charge is 0.308 e. The molecule has 3 heteroatoms. The summed E-state index contributed by atoms with van der Waals surface area (Å²) in [5, 5.41) is 4.88. The molecule has 0 spiro atoms. The summed E-state index contributed by atoms with van der Waals surface area (Å²) in [5.41, 5.74) is 0. The second kappa shape index (κ2) is 8.65. The highest BCUT2D eigenvalue weighted by atomic mass is 32.1. The minimum atomic E-state index is 0.394. The van der Waals surface area contributed by atoms with Crippen LogP contribution in [0.3, 0.4) is 0 Å². The van der Waals surface area contributed by atoms with Crippen LogP contribution in [0.15, 0.2) is 6.20 Å². The lowest BCUT2D eigenvalue weighted by Gasteiger charge is -2.18. The number of unbranched alkanes of at least 4 members (excludes halogenated alkanes) is 1. The quantitative estimate of drug-likeness (QED) is 0.709. The van der Waals surface area contributed by atoms with E-state index in [0.717, 1.165) is 18.9 Å². The molecule has 1 heterocycles. The van der Waals surface area contributed by atoms with Crippen molar-refractivity contribution in [3.05, 3.63) is 16.1 Å². The van der Waals surface area contributed by atoms with E-state index in [-0.39, 0.29) is 0 Å². The maximum absolute atomic E-state index is 4.51. The van der Waals surface area contributed by atoms with Crippen LogP contribution in [0.25, 0.3) is 0 Å². The van der Waals surface area contributed by atoms with Gasteiger partial charge in [0.25, 0.3) is 0 Å². The van der Waals surface area contributed by atoms with Crippen LogP contribution < -0.4 is 5.32 Å². The molecule has 0 radical (unpaired) electrons. The first-order chi connectivity index (χ1) is 8.71. The van der Waals surface area contributed by atoms with Gasteiger partial charge in [-0.3, -0.25) is 0 Å². The molecule has 0 saturated carbocycles. The molecule has 0 amide bonds. The molecular weight excluding hydrogens is 240 g/mol. The van der Waals surface area contributed by atoms with Crippen LogP contribution in [0.5, 0.6) is 0 Å². The van der Waals surface area contributed by atoms with E-state index in [2.05, 4.69) is 38.0 Å². The van der Waals surface area contributed by atoms with Gasteiger partial charge >= 0.3 is 0 Å². The van der Waals surface area contributed by atoms with Crippen LogP contribution in [0, 0.1) is 5.92 Å². The van der Waals surface area contributed by atoms with E-state index < -0.39 is 0 Å². The number of hydrogen-bond acceptors (Lipinski definition) is 3. The van der Waals surface area contributed by atoms with Gasteiger partial charge in [-0.05, 0) is 32.2 Å². The van der Waals surface area contributed by atoms with Crippen LogP contribution in [-0.2, 0) is 6.42 Å². The summed E-state index contributed by atoms with van der Waals surface area (Å²) < 4.78 is 0. The highest BCUT2D eigenvalue weighted by molar-refractivity contribution is 7.11. The second-order valence-corrected chi connectivity index (χ2v) is 6.21. The number of thiazole rings is 1. The van der Waals surface area contributed by atoms with Crippen LogP contribution in [0.2, 0.25) is 0 Å². The van der Waals surface area contributed by atoms with Crippen molar-refractivity contribution in [3.8, 4) is 0 Å². The zero-order chi connectivity index (χ0) is 13.4. The minimum absolute atomic E-state index is 0.394. The van der Waals surface area contributed by atoms with E-state index in [1.54, 1.807) is 0 Å². The first kappa shape index (κ1) is 15.6. The maximum Gasteiger partial charge on any atom is 0.109 e. The molecule has 1 N–H and O–H groups in total. The lowest BCUT2D eigenvalue weighted by atomic mass is 9.99. The third-order valence-corrected chi connectivity index (χ3v) is 4.87. The fraction of sp³-hybridized carbons (Fsp3) is 0.800. The van der Waals surface area contributed by atoms with Crippen molar-refractivity contribution in [3.63, 3.8) is 0 Å². The Bertz CT molecular complexity index is 322. The molecule has 2 unspecified atom stereocenters. The van der Waals surface area contributed by atoms with E-state index in [4.69, 9.17) is 0 Å². The average Bonchev–Trinajstić information content (AvgIpc) is 2.87. The van der Waals surface area contributed by atoms with Gasteiger partial charge in [0, 0.05) is 11.1 Å². The van der Waals surface area contributed by atoms with Crippen LogP contribution >= 0.6 is 11.3 Å². The molecule has 0 aromatic carbocycles. The normalized spacial score (nSPS) is 14.7. The molecule has 1 aromatic heterocycles. The Morgan fingerprint density at radius 1 is 1.33 bits per heavy atom. The SMILES string of the molecule is CCCCC(CC)CNC(C)c1ncc(CC)s1. The van der Waals surface area contributed by atoms with Crippen molar-refractivity contribution >= 4 is 11.3 Å². The Labute approximate surface area is 116 Å². The van der Waals surface area contributed by atoms with Crippen molar-refractivity contribution in [1.82, 2.24) is 10.3 Å². The Hall–Kier alpha value is -0.410. The standard InChI is InChI=1S/C15H28N2S/c1-5-8-9-13(6-2)10-16-12(4)15-17-11-14(7-3)18-15/h11-13,16H,5-10H2,1-4H3. The fourth-order valence-corrected chi connectivity index (χ4v) is 2.94. The predicted molar refractivity (Wildman–Crippen MR) is 81.2 cm³/mol. The van der Waals surface area contributed by atoms with Crippen molar-refractivity contribution in [2.75, 3.05) is 6.54 Å². The summed E-state index contributed by atoms with van der Waals surface area (Å²) in [5.74, 6) is 0.818. The summed E-state index contributed by atoms with van der Waals surface area (Å²) in [7, 11) is 0. The topological polar surface area (TPSA) is 24.9 Å². The number of aryl methyl sites for hydroxylation is 1. The first-order valence-corrected chi connectivity index (χ1v) is 8.20. The molecule has 0 aliphatic rings. The number of hydrogen-bond donors (Lipinski definition) is 1. The van der Waals surface area contributed by atoms with Gasteiger partial charge in [0.1, 0.15) is 5.01 Å². The fourth-order valence-electron chi connectivity index (χ4n) is 2.06. The van der Waals surface area contributed by atoms with Gasteiger partial charge in [0.2, 0.25) is 0 Å². The molecule has 18 heavy (non-hydrogen) atoms. The lowest BCUT2D eigenvalue weighted by Crippen LogP contribution is -2.25. The Balaban J connectivity index is 2.36. The summed E-state index contributed by atoms with van der Waals surface area (Å²) in [6, 6.07) is 0.394. The minimum Gasteiger partial charge on any atom is -0.308 e. The number of aromatic nitrogens is 1. The molecule has 1 rings (SSSR count). The van der Waals surface area contributed by atoms with Gasteiger partial charge in [0.15, 0.2) is 0 Å².